The maximum atomic E-state index is 2.55. The molecule has 0 unspecified atom stereocenters. The van der Waals surface area contributed by atoms with Crippen LogP contribution in [0.4, 0.5) is 22.7 Å². The highest BCUT2D eigenvalue weighted by molar-refractivity contribution is 6.86. The van der Waals surface area contributed by atoms with Gasteiger partial charge in [0.2, 0.25) is 0 Å². The third-order valence-corrected chi connectivity index (χ3v) is 11.0. The Bertz CT molecular complexity index is 2790. The molecule has 0 spiro atoms. The fourth-order valence-electron chi connectivity index (χ4n) is 8.84. The number of hydrogen-bond donors (Lipinski definition) is 0. The normalized spacial score (nSPS) is 12.9. The third-order valence-electron chi connectivity index (χ3n) is 11.0. The highest BCUT2D eigenvalue weighted by atomic mass is 15.2. The molecule has 0 bridgehead atoms. The summed E-state index contributed by atoms with van der Waals surface area (Å²) >= 11 is 0. The lowest BCUT2D eigenvalue weighted by Crippen LogP contribution is -2.61. The second kappa shape index (κ2) is 11.4. The van der Waals surface area contributed by atoms with Crippen molar-refractivity contribution in [2.24, 2.45) is 0 Å². The number of benzene rings is 8. The van der Waals surface area contributed by atoms with Crippen molar-refractivity contribution in [3.8, 4) is 39.1 Å². The minimum absolute atomic E-state index is 0.0865. The predicted molar refractivity (Wildman–Crippen MR) is 220 cm³/mol. The van der Waals surface area contributed by atoms with Crippen molar-refractivity contribution >= 4 is 57.0 Å². The first-order valence-corrected chi connectivity index (χ1v) is 18.0. The Morgan fingerprint density at radius 3 is 1.48 bits per heavy atom. The molecular weight excluding hydrogens is 629 g/mol. The SMILES string of the molecule is c1ccc(N2B3c4c(cccc4-c4ccccc4N3c3ccc(-c4cccc5c4c4ccccc4n5-c4ccccc4)cc3)-c3ccccc32)cc1. The van der Waals surface area contributed by atoms with Crippen molar-refractivity contribution in [3.63, 3.8) is 0 Å². The first-order valence-electron chi connectivity index (χ1n) is 18.0. The minimum atomic E-state index is -0.0865. The average Bonchev–Trinajstić information content (AvgIpc) is 3.56. The van der Waals surface area contributed by atoms with Crippen LogP contribution in [-0.4, -0.2) is 11.5 Å². The van der Waals surface area contributed by atoms with E-state index in [4.69, 9.17) is 0 Å². The molecule has 3 nitrogen and oxygen atoms in total. The van der Waals surface area contributed by atoms with E-state index in [0.717, 1.165) is 5.69 Å². The maximum Gasteiger partial charge on any atom is 0.421 e. The highest BCUT2D eigenvalue weighted by Gasteiger charge is 2.46. The average molecular weight is 662 g/mol. The van der Waals surface area contributed by atoms with Gasteiger partial charge < -0.3 is 14.2 Å². The van der Waals surface area contributed by atoms with Gasteiger partial charge in [-0.05, 0) is 88.4 Å². The van der Waals surface area contributed by atoms with Crippen LogP contribution in [0, 0.1) is 0 Å². The van der Waals surface area contributed by atoms with Gasteiger partial charge >= 0.3 is 6.98 Å². The fourth-order valence-corrected chi connectivity index (χ4v) is 8.84. The molecule has 3 heterocycles. The zero-order valence-electron chi connectivity index (χ0n) is 28.4. The summed E-state index contributed by atoms with van der Waals surface area (Å²) in [4.78, 5) is 5.08. The van der Waals surface area contributed by atoms with E-state index in [1.807, 2.05) is 0 Å². The molecule has 0 amide bonds. The van der Waals surface area contributed by atoms with Gasteiger partial charge in [-0.3, -0.25) is 0 Å². The molecule has 0 aliphatic carbocycles. The predicted octanol–water partition coefficient (Wildman–Crippen LogP) is 11.8. The van der Waals surface area contributed by atoms with Crippen LogP contribution in [0.5, 0.6) is 0 Å². The zero-order chi connectivity index (χ0) is 34.2. The lowest BCUT2D eigenvalue weighted by Gasteiger charge is -2.47. The van der Waals surface area contributed by atoms with Crippen molar-refractivity contribution in [2.75, 3.05) is 9.62 Å². The largest absolute Gasteiger partial charge is 0.421 e. The number of para-hydroxylation sites is 5. The van der Waals surface area contributed by atoms with E-state index in [1.165, 1.54) is 83.4 Å². The van der Waals surface area contributed by atoms with Crippen molar-refractivity contribution in [3.05, 3.63) is 194 Å². The molecule has 2 aliphatic rings. The Labute approximate surface area is 303 Å². The summed E-state index contributed by atoms with van der Waals surface area (Å²) in [5.41, 5.74) is 17.2. The Morgan fingerprint density at radius 1 is 0.327 bits per heavy atom. The van der Waals surface area contributed by atoms with Gasteiger partial charge in [-0.15, -0.1) is 0 Å². The molecule has 0 radical (unpaired) electrons. The van der Waals surface area contributed by atoms with Crippen LogP contribution in [0.15, 0.2) is 194 Å². The van der Waals surface area contributed by atoms with Crippen molar-refractivity contribution in [1.82, 2.24) is 4.57 Å². The number of nitrogens with zero attached hydrogens (tertiary/aromatic N) is 3. The van der Waals surface area contributed by atoms with E-state index in [1.54, 1.807) is 0 Å². The Morgan fingerprint density at radius 2 is 0.808 bits per heavy atom. The molecule has 52 heavy (non-hydrogen) atoms. The van der Waals surface area contributed by atoms with Crippen LogP contribution in [-0.2, 0) is 0 Å². The first kappa shape index (κ1) is 29.0. The topological polar surface area (TPSA) is 11.4 Å². The number of fused-ring (bicyclic) bond motifs is 7. The second-order valence-corrected chi connectivity index (χ2v) is 13.7. The van der Waals surface area contributed by atoms with Crippen molar-refractivity contribution in [1.29, 1.82) is 0 Å². The quantitative estimate of drug-likeness (QED) is 0.174. The summed E-state index contributed by atoms with van der Waals surface area (Å²) in [7, 11) is 0. The maximum absolute atomic E-state index is 2.55. The summed E-state index contributed by atoms with van der Waals surface area (Å²) < 4.78 is 2.39. The molecule has 8 aromatic carbocycles. The van der Waals surface area contributed by atoms with Crippen LogP contribution in [0.2, 0.25) is 0 Å². The van der Waals surface area contributed by atoms with Gasteiger partial charge in [-0.25, -0.2) is 0 Å². The lowest BCUT2D eigenvalue weighted by atomic mass is 9.53. The first-order chi connectivity index (χ1) is 25.8. The monoisotopic (exact) mass is 661 g/mol. The van der Waals surface area contributed by atoms with Crippen LogP contribution in [0.1, 0.15) is 0 Å². The van der Waals surface area contributed by atoms with Crippen molar-refractivity contribution in [2.45, 2.75) is 0 Å². The molecule has 0 saturated carbocycles. The molecule has 1 aromatic heterocycles. The molecule has 4 heteroatoms. The van der Waals surface area contributed by atoms with Gasteiger partial charge in [-0.2, -0.15) is 0 Å². The number of aromatic nitrogens is 1. The smallest absolute Gasteiger partial charge is 0.361 e. The van der Waals surface area contributed by atoms with E-state index in [0.29, 0.717) is 0 Å². The van der Waals surface area contributed by atoms with E-state index in [2.05, 4.69) is 208 Å². The van der Waals surface area contributed by atoms with E-state index in [9.17, 15) is 0 Å². The summed E-state index contributed by atoms with van der Waals surface area (Å²) in [5.74, 6) is 0. The molecule has 0 saturated heterocycles. The molecule has 9 aromatic rings. The van der Waals surface area contributed by atoms with Gasteiger partial charge in [0.25, 0.3) is 0 Å². The molecule has 11 rings (SSSR count). The molecule has 0 fully saturated rings. The molecule has 0 N–H and O–H groups in total. The van der Waals surface area contributed by atoms with Gasteiger partial charge in [0.1, 0.15) is 0 Å². The Hall–Kier alpha value is -6.78. The molecule has 242 valence electrons. The second-order valence-electron chi connectivity index (χ2n) is 13.7. The van der Waals surface area contributed by atoms with Crippen molar-refractivity contribution < 1.29 is 0 Å². The van der Waals surface area contributed by atoms with Gasteiger partial charge in [0.15, 0.2) is 0 Å². The number of anilines is 4. The molecule has 2 aliphatic heterocycles. The Balaban J connectivity index is 1.11. The van der Waals surface area contributed by atoms with Gasteiger partial charge in [-0.1, -0.05) is 133 Å². The third kappa shape index (κ3) is 4.15. The molecule has 0 atom stereocenters. The zero-order valence-corrected chi connectivity index (χ0v) is 28.4. The van der Waals surface area contributed by atoms with Crippen LogP contribution in [0.25, 0.3) is 60.9 Å². The molecular formula is C48H32BN3. The van der Waals surface area contributed by atoms with E-state index < -0.39 is 0 Å². The number of hydrogen-bond acceptors (Lipinski definition) is 2. The minimum Gasteiger partial charge on any atom is -0.361 e. The van der Waals surface area contributed by atoms with Crippen LogP contribution >= 0.6 is 0 Å². The number of rotatable bonds is 4. The summed E-state index contributed by atoms with van der Waals surface area (Å²) in [6, 6.07) is 70.9. The summed E-state index contributed by atoms with van der Waals surface area (Å²) in [5, 5.41) is 2.53. The fraction of sp³-hybridized carbons (Fsp3) is 0. The van der Waals surface area contributed by atoms with Crippen LogP contribution < -0.4 is 15.1 Å². The van der Waals surface area contributed by atoms with Gasteiger partial charge in [0.05, 0.1) is 11.0 Å². The Kier molecular flexibility index (Phi) is 6.35. The van der Waals surface area contributed by atoms with Gasteiger partial charge in [0, 0.05) is 50.3 Å². The summed E-state index contributed by atoms with van der Waals surface area (Å²) in [6.45, 7) is -0.0865. The standard InChI is InChI=1S/C48H32BN3/c1-3-15-34(16-4-1)50-43-25-10-9-21-42(43)47-37(22-14-28-46(47)50)33-29-31-36(32-30-33)52-45-27-12-8-20-39(45)41-24-13-23-40-38-19-7-11-26-44(38)51(49(52)48(40)41)35-17-5-2-6-18-35/h1-32H. The highest BCUT2D eigenvalue weighted by Crippen LogP contribution is 2.49. The lowest BCUT2D eigenvalue weighted by molar-refractivity contribution is 1.18. The van der Waals surface area contributed by atoms with Crippen LogP contribution in [0.3, 0.4) is 0 Å². The van der Waals surface area contributed by atoms with E-state index in [-0.39, 0.29) is 6.98 Å². The summed E-state index contributed by atoms with van der Waals surface area (Å²) in [6.07, 6.45) is 0. The van der Waals surface area contributed by atoms with E-state index >= 15 is 0 Å².